The van der Waals surface area contributed by atoms with Crippen LogP contribution in [0.1, 0.15) is 4.88 Å². The molecule has 0 amide bonds. The largest absolute Gasteiger partial charge is 0.326 e. The Kier molecular flexibility index (Phi) is 2.67. The molecule has 1 saturated heterocycles. The molecule has 0 bridgehead atoms. The summed E-state index contributed by atoms with van der Waals surface area (Å²) >= 11 is 1.84. The molecule has 0 aromatic carbocycles. The molecule has 1 fully saturated rings. The van der Waals surface area contributed by atoms with E-state index in [1.54, 1.807) is 0 Å². The number of likely N-dealkylation sites (N-methyl/N-ethyl adjacent to an activating group) is 1. The molecule has 13 heavy (non-hydrogen) atoms. The molecule has 72 valence electrons. The van der Waals surface area contributed by atoms with Gasteiger partial charge in [0.1, 0.15) is 0 Å². The third-order valence-electron chi connectivity index (χ3n) is 2.72. The topological polar surface area (TPSA) is 29.3 Å². The van der Waals surface area contributed by atoms with Crippen LogP contribution in [0.2, 0.25) is 0 Å². The zero-order chi connectivity index (χ0) is 9.26. The number of hydrogen-bond acceptors (Lipinski definition) is 3. The molecule has 0 spiro atoms. The molecule has 1 aromatic heterocycles. The molecule has 2 heterocycles. The molecule has 0 radical (unpaired) electrons. The van der Waals surface area contributed by atoms with E-state index in [1.807, 2.05) is 11.3 Å². The molecule has 2 atom stereocenters. The number of nitrogens with zero attached hydrogens (tertiary/aromatic N) is 1. The van der Waals surface area contributed by atoms with Gasteiger partial charge in [0.25, 0.3) is 0 Å². The minimum atomic E-state index is 0.368. The Labute approximate surface area is 83.4 Å². The second-order valence-corrected chi connectivity index (χ2v) is 4.96. The lowest BCUT2D eigenvalue weighted by Gasteiger charge is -2.12. The first-order valence-electron chi connectivity index (χ1n) is 4.72. The fraction of sp³-hybridized carbons (Fsp3) is 0.600. The number of likely N-dealkylation sites (tertiary alicyclic amines) is 1. The summed E-state index contributed by atoms with van der Waals surface area (Å²) in [7, 11) is 2.15. The van der Waals surface area contributed by atoms with E-state index in [0.717, 1.165) is 19.5 Å². The van der Waals surface area contributed by atoms with Crippen LogP contribution in [-0.4, -0.2) is 31.1 Å². The first-order chi connectivity index (χ1) is 6.25. The van der Waals surface area contributed by atoms with E-state index in [4.69, 9.17) is 5.73 Å². The van der Waals surface area contributed by atoms with E-state index in [2.05, 4.69) is 29.5 Å². The van der Waals surface area contributed by atoms with Crippen molar-refractivity contribution in [2.75, 3.05) is 20.1 Å². The summed E-state index contributed by atoms with van der Waals surface area (Å²) in [4.78, 5) is 3.79. The molecule has 0 aliphatic carbocycles. The van der Waals surface area contributed by atoms with E-state index in [1.165, 1.54) is 4.88 Å². The number of rotatable bonds is 2. The Morgan fingerprint density at radius 3 is 3.00 bits per heavy atom. The molecule has 2 nitrogen and oxygen atoms in total. The van der Waals surface area contributed by atoms with Crippen molar-refractivity contribution in [3.05, 3.63) is 22.4 Å². The van der Waals surface area contributed by atoms with Crippen molar-refractivity contribution in [2.45, 2.75) is 12.5 Å². The first kappa shape index (κ1) is 9.19. The van der Waals surface area contributed by atoms with Gasteiger partial charge in [-0.1, -0.05) is 6.07 Å². The summed E-state index contributed by atoms with van der Waals surface area (Å²) in [6.07, 6.45) is 1.16. The predicted molar refractivity (Wildman–Crippen MR) is 57.0 cm³/mol. The van der Waals surface area contributed by atoms with Gasteiger partial charge in [0.05, 0.1) is 0 Å². The van der Waals surface area contributed by atoms with Crippen LogP contribution in [0.5, 0.6) is 0 Å². The van der Waals surface area contributed by atoms with Gasteiger partial charge in [0.15, 0.2) is 0 Å². The van der Waals surface area contributed by atoms with E-state index in [9.17, 15) is 0 Å². The van der Waals surface area contributed by atoms with Crippen LogP contribution >= 0.6 is 11.3 Å². The highest BCUT2D eigenvalue weighted by Crippen LogP contribution is 2.21. The highest BCUT2D eigenvalue weighted by atomic mass is 32.1. The molecule has 2 rings (SSSR count). The highest BCUT2D eigenvalue weighted by Gasteiger charge is 2.27. The van der Waals surface area contributed by atoms with Crippen molar-refractivity contribution >= 4 is 11.3 Å². The average molecular weight is 196 g/mol. The minimum absolute atomic E-state index is 0.368. The molecule has 1 aromatic rings. The molecule has 1 aliphatic rings. The van der Waals surface area contributed by atoms with Gasteiger partial charge in [-0.05, 0) is 30.8 Å². The maximum atomic E-state index is 6.05. The second-order valence-electron chi connectivity index (χ2n) is 3.93. The predicted octanol–water partition coefficient (Wildman–Crippen LogP) is 1.18. The van der Waals surface area contributed by atoms with E-state index in [-0.39, 0.29) is 0 Å². The Morgan fingerprint density at radius 1 is 1.62 bits per heavy atom. The summed E-state index contributed by atoms with van der Waals surface area (Å²) in [6, 6.07) is 4.69. The van der Waals surface area contributed by atoms with Crippen molar-refractivity contribution in [3.8, 4) is 0 Å². The van der Waals surface area contributed by atoms with Gasteiger partial charge in [-0.25, -0.2) is 0 Å². The zero-order valence-corrected chi connectivity index (χ0v) is 8.76. The van der Waals surface area contributed by atoms with Crippen LogP contribution < -0.4 is 5.73 Å². The Bertz CT molecular complexity index is 258. The molecule has 2 unspecified atom stereocenters. The standard InChI is InChI=1S/C10H16N2S/c1-12-6-8(10(11)7-12)5-9-3-2-4-13-9/h2-4,8,10H,5-7,11H2,1H3. The van der Waals surface area contributed by atoms with E-state index >= 15 is 0 Å². The van der Waals surface area contributed by atoms with Gasteiger partial charge >= 0.3 is 0 Å². The SMILES string of the molecule is CN1CC(N)C(Cc2cccs2)C1. The van der Waals surface area contributed by atoms with Gasteiger partial charge in [0.2, 0.25) is 0 Å². The third kappa shape index (κ3) is 2.10. The lowest BCUT2D eigenvalue weighted by atomic mass is 10.00. The fourth-order valence-electron chi connectivity index (χ4n) is 2.02. The van der Waals surface area contributed by atoms with Gasteiger partial charge in [-0.2, -0.15) is 0 Å². The number of hydrogen-bond donors (Lipinski definition) is 1. The average Bonchev–Trinajstić information content (AvgIpc) is 2.63. The minimum Gasteiger partial charge on any atom is -0.326 e. The lowest BCUT2D eigenvalue weighted by Crippen LogP contribution is -2.30. The Balaban J connectivity index is 1.95. The third-order valence-corrected chi connectivity index (χ3v) is 3.62. The molecular weight excluding hydrogens is 180 g/mol. The van der Waals surface area contributed by atoms with Crippen molar-refractivity contribution in [3.63, 3.8) is 0 Å². The summed E-state index contributed by atoms with van der Waals surface area (Å²) in [6.45, 7) is 2.20. The van der Waals surface area contributed by atoms with Crippen molar-refractivity contribution in [2.24, 2.45) is 11.7 Å². The summed E-state index contributed by atoms with van der Waals surface area (Å²) in [5.41, 5.74) is 6.05. The zero-order valence-electron chi connectivity index (χ0n) is 7.94. The highest BCUT2D eigenvalue weighted by molar-refractivity contribution is 7.09. The van der Waals surface area contributed by atoms with Crippen LogP contribution in [-0.2, 0) is 6.42 Å². The van der Waals surface area contributed by atoms with Crippen LogP contribution in [0.25, 0.3) is 0 Å². The second kappa shape index (κ2) is 3.78. The van der Waals surface area contributed by atoms with E-state index < -0.39 is 0 Å². The number of thiophene rings is 1. The van der Waals surface area contributed by atoms with Crippen LogP contribution in [0.3, 0.4) is 0 Å². The number of nitrogens with two attached hydrogens (primary N) is 1. The van der Waals surface area contributed by atoms with Gasteiger partial charge in [0, 0.05) is 24.0 Å². The van der Waals surface area contributed by atoms with Gasteiger partial charge in [-0.3, -0.25) is 0 Å². The fourth-order valence-corrected chi connectivity index (χ4v) is 2.82. The molecule has 1 aliphatic heterocycles. The van der Waals surface area contributed by atoms with Crippen molar-refractivity contribution < 1.29 is 0 Å². The van der Waals surface area contributed by atoms with E-state index in [0.29, 0.717) is 12.0 Å². The Hall–Kier alpha value is -0.380. The smallest absolute Gasteiger partial charge is 0.0212 e. The normalized spacial score (nSPS) is 29.7. The quantitative estimate of drug-likeness (QED) is 0.769. The van der Waals surface area contributed by atoms with Gasteiger partial charge < -0.3 is 10.6 Å². The van der Waals surface area contributed by atoms with Crippen LogP contribution in [0, 0.1) is 5.92 Å². The molecule has 2 N–H and O–H groups in total. The lowest BCUT2D eigenvalue weighted by molar-refractivity contribution is 0.395. The van der Waals surface area contributed by atoms with Crippen LogP contribution in [0.15, 0.2) is 17.5 Å². The monoisotopic (exact) mass is 196 g/mol. The van der Waals surface area contributed by atoms with Crippen LogP contribution in [0.4, 0.5) is 0 Å². The molecule has 0 saturated carbocycles. The maximum Gasteiger partial charge on any atom is 0.0212 e. The first-order valence-corrected chi connectivity index (χ1v) is 5.60. The van der Waals surface area contributed by atoms with Gasteiger partial charge in [-0.15, -0.1) is 11.3 Å². The summed E-state index contributed by atoms with van der Waals surface area (Å²) < 4.78 is 0. The maximum absolute atomic E-state index is 6.05. The van der Waals surface area contributed by atoms with Crippen molar-refractivity contribution in [1.82, 2.24) is 4.90 Å². The molecule has 3 heteroatoms. The Morgan fingerprint density at radius 2 is 2.46 bits per heavy atom. The van der Waals surface area contributed by atoms with Crippen molar-refractivity contribution in [1.29, 1.82) is 0 Å². The summed E-state index contributed by atoms with van der Waals surface area (Å²) in [5.74, 6) is 0.656. The molecular formula is C10H16N2S. The summed E-state index contributed by atoms with van der Waals surface area (Å²) in [5, 5.41) is 2.14.